The molecule has 0 aliphatic rings. The van der Waals surface area contributed by atoms with Crippen LogP contribution in [0.1, 0.15) is 24.5 Å². The van der Waals surface area contributed by atoms with Crippen LogP contribution in [0, 0.1) is 0 Å². The number of carbonyl (C=O) groups is 2. The molecule has 0 spiro atoms. The molecule has 2 aromatic rings. The van der Waals surface area contributed by atoms with Gasteiger partial charge >= 0.3 is 0 Å². The molecule has 0 unspecified atom stereocenters. The van der Waals surface area contributed by atoms with Crippen molar-refractivity contribution in [3.8, 4) is 0 Å². The fraction of sp³-hybridized carbons (Fsp3) is 0.300. The van der Waals surface area contributed by atoms with Gasteiger partial charge in [0.25, 0.3) is 0 Å². The Morgan fingerprint density at radius 1 is 1.04 bits per heavy atom. The van der Waals surface area contributed by atoms with Crippen molar-refractivity contribution in [2.45, 2.75) is 32.4 Å². The zero-order chi connectivity index (χ0) is 20.8. The maximum atomic E-state index is 13.2. The number of nitrogens with one attached hydrogen (secondary N) is 1. The van der Waals surface area contributed by atoms with E-state index in [1.54, 1.807) is 36.4 Å². The Balaban J connectivity index is 2.39. The van der Waals surface area contributed by atoms with Crippen molar-refractivity contribution in [1.29, 1.82) is 0 Å². The number of hydrogen-bond donors (Lipinski definition) is 1. The molecule has 0 aromatic heterocycles. The number of amides is 2. The Bertz CT molecular complexity index is 853. The second-order valence-electron chi connectivity index (χ2n) is 6.17. The van der Waals surface area contributed by atoms with Crippen molar-refractivity contribution in [1.82, 2.24) is 10.2 Å². The molecule has 0 heterocycles. The predicted octanol–water partition coefficient (Wildman–Crippen LogP) is 5.40. The topological polar surface area (TPSA) is 49.4 Å². The van der Waals surface area contributed by atoms with Crippen LogP contribution in [0.2, 0.25) is 20.1 Å². The molecule has 8 heteroatoms. The molecule has 0 fully saturated rings. The first-order valence-electron chi connectivity index (χ1n) is 8.66. The number of carbonyl (C=O) groups excluding carboxylic acids is 2. The Labute approximate surface area is 184 Å². The van der Waals surface area contributed by atoms with Gasteiger partial charge in [0.1, 0.15) is 6.04 Å². The molecule has 0 aliphatic heterocycles. The van der Waals surface area contributed by atoms with Crippen LogP contribution in [-0.2, 0) is 22.6 Å². The maximum absolute atomic E-state index is 13.2. The predicted molar refractivity (Wildman–Crippen MR) is 115 cm³/mol. The summed E-state index contributed by atoms with van der Waals surface area (Å²) in [7, 11) is 1.53. The second kappa shape index (κ2) is 10.4. The molecule has 0 saturated carbocycles. The monoisotopic (exact) mass is 460 g/mol. The van der Waals surface area contributed by atoms with Gasteiger partial charge in [-0.2, -0.15) is 0 Å². The van der Waals surface area contributed by atoms with Crippen LogP contribution in [0.15, 0.2) is 36.4 Å². The number of benzene rings is 2. The zero-order valence-electron chi connectivity index (χ0n) is 15.4. The minimum absolute atomic E-state index is 0.0194. The SMILES string of the molecule is CC[C@@H](C(=O)NC)N(Cc1c(Cl)cccc1Cl)C(=O)Cc1ccc(Cl)cc1Cl. The fourth-order valence-corrected chi connectivity index (χ4v) is 3.86. The van der Waals surface area contributed by atoms with Crippen molar-refractivity contribution < 1.29 is 9.59 Å². The van der Waals surface area contributed by atoms with Gasteiger partial charge in [0, 0.05) is 39.2 Å². The summed E-state index contributed by atoms with van der Waals surface area (Å²) < 4.78 is 0. The molecule has 4 nitrogen and oxygen atoms in total. The van der Waals surface area contributed by atoms with Crippen molar-refractivity contribution in [3.05, 3.63) is 67.6 Å². The molecule has 2 rings (SSSR count). The Kier molecular flexibility index (Phi) is 8.44. The third-order valence-electron chi connectivity index (χ3n) is 4.38. The van der Waals surface area contributed by atoms with Crippen molar-refractivity contribution in [2.24, 2.45) is 0 Å². The molecule has 1 atom stereocenters. The van der Waals surface area contributed by atoms with Crippen molar-refractivity contribution in [2.75, 3.05) is 7.05 Å². The molecule has 0 aliphatic carbocycles. The summed E-state index contributed by atoms with van der Waals surface area (Å²) in [4.78, 5) is 27.0. The second-order valence-corrected chi connectivity index (χ2v) is 7.83. The van der Waals surface area contributed by atoms with Gasteiger partial charge < -0.3 is 10.2 Å². The highest BCUT2D eigenvalue weighted by molar-refractivity contribution is 6.36. The largest absolute Gasteiger partial charge is 0.357 e. The number of nitrogens with zero attached hydrogens (tertiary/aromatic N) is 1. The zero-order valence-corrected chi connectivity index (χ0v) is 18.5. The molecular formula is C20H20Cl4N2O2. The van der Waals surface area contributed by atoms with E-state index in [2.05, 4.69) is 5.32 Å². The number of halogens is 4. The van der Waals surface area contributed by atoms with E-state index in [1.807, 2.05) is 6.92 Å². The maximum Gasteiger partial charge on any atom is 0.242 e. The Morgan fingerprint density at radius 2 is 1.68 bits per heavy atom. The van der Waals surface area contributed by atoms with Gasteiger partial charge in [0.2, 0.25) is 11.8 Å². The van der Waals surface area contributed by atoms with E-state index < -0.39 is 6.04 Å². The smallest absolute Gasteiger partial charge is 0.242 e. The summed E-state index contributed by atoms with van der Waals surface area (Å²) in [5.41, 5.74) is 1.21. The molecular weight excluding hydrogens is 442 g/mol. The molecule has 0 bridgehead atoms. The van der Waals surface area contributed by atoms with Crippen LogP contribution < -0.4 is 5.32 Å². The number of hydrogen-bond acceptors (Lipinski definition) is 2. The van der Waals surface area contributed by atoms with Crippen LogP contribution in [0.5, 0.6) is 0 Å². The first-order chi connectivity index (χ1) is 13.3. The molecule has 0 radical (unpaired) electrons. The molecule has 2 aromatic carbocycles. The van der Waals surface area contributed by atoms with Gasteiger partial charge in [0.05, 0.1) is 6.42 Å². The van der Waals surface area contributed by atoms with Crippen LogP contribution in [0.4, 0.5) is 0 Å². The fourth-order valence-electron chi connectivity index (χ4n) is 2.87. The lowest BCUT2D eigenvalue weighted by molar-refractivity contribution is -0.140. The molecule has 28 heavy (non-hydrogen) atoms. The van der Waals surface area contributed by atoms with E-state index in [4.69, 9.17) is 46.4 Å². The number of rotatable bonds is 7. The van der Waals surface area contributed by atoms with E-state index in [0.29, 0.717) is 37.6 Å². The molecule has 2 amide bonds. The summed E-state index contributed by atoms with van der Waals surface area (Å²) in [6, 6.07) is 9.40. The van der Waals surface area contributed by atoms with Gasteiger partial charge in [-0.15, -0.1) is 0 Å². The van der Waals surface area contributed by atoms with E-state index >= 15 is 0 Å². The third kappa shape index (κ3) is 5.54. The third-order valence-corrected chi connectivity index (χ3v) is 5.67. The summed E-state index contributed by atoms with van der Waals surface area (Å²) >= 11 is 24.7. The normalized spacial score (nSPS) is 11.8. The Morgan fingerprint density at radius 3 is 2.21 bits per heavy atom. The highest BCUT2D eigenvalue weighted by Crippen LogP contribution is 2.28. The van der Waals surface area contributed by atoms with Gasteiger partial charge in [-0.3, -0.25) is 9.59 Å². The average Bonchev–Trinajstić information content (AvgIpc) is 2.65. The number of likely N-dealkylation sites (N-methyl/N-ethyl adjacent to an activating group) is 1. The van der Waals surface area contributed by atoms with E-state index in [1.165, 1.54) is 11.9 Å². The van der Waals surface area contributed by atoms with Gasteiger partial charge in [-0.05, 0) is 36.2 Å². The summed E-state index contributed by atoms with van der Waals surface area (Å²) in [5, 5.41) is 4.35. The van der Waals surface area contributed by atoms with Crippen molar-refractivity contribution >= 4 is 58.2 Å². The first kappa shape index (κ1) is 22.8. The van der Waals surface area contributed by atoms with Crippen molar-refractivity contribution in [3.63, 3.8) is 0 Å². The summed E-state index contributed by atoms with van der Waals surface area (Å²) in [6.45, 7) is 1.94. The quantitative estimate of drug-likeness (QED) is 0.600. The minimum Gasteiger partial charge on any atom is -0.357 e. The lowest BCUT2D eigenvalue weighted by Gasteiger charge is -2.31. The lowest BCUT2D eigenvalue weighted by atomic mass is 10.1. The van der Waals surface area contributed by atoms with E-state index in [0.717, 1.165) is 0 Å². The standard InChI is InChI=1S/C20H20Cl4N2O2/c1-3-18(20(28)25-2)26(11-14-15(22)5-4-6-16(14)23)19(27)9-12-7-8-13(21)10-17(12)24/h4-8,10,18H,3,9,11H2,1-2H3,(H,25,28)/t18-/m0/s1. The van der Waals surface area contributed by atoms with E-state index in [9.17, 15) is 9.59 Å². The van der Waals surface area contributed by atoms with Gasteiger partial charge in [-0.1, -0.05) is 65.5 Å². The molecule has 0 saturated heterocycles. The molecule has 1 N–H and O–H groups in total. The van der Waals surface area contributed by atoms with Gasteiger partial charge in [-0.25, -0.2) is 0 Å². The minimum atomic E-state index is -0.670. The van der Waals surface area contributed by atoms with Crippen LogP contribution >= 0.6 is 46.4 Å². The average molecular weight is 462 g/mol. The first-order valence-corrected chi connectivity index (χ1v) is 10.2. The lowest BCUT2D eigenvalue weighted by Crippen LogP contribution is -2.48. The summed E-state index contributed by atoms with van der Waals surface area (Å²) in [5.74, 6) is -0.531. The van der Waals surface area contributed by atoms with E-state index in [-0.39, 0.29) is 24.8 Å². The Hall–Kier alpha value is -1.46. The highest BCUT2D eigenvalue weighted by Gasteiger charge is 2.29. The highest BCUT2D eigenvalue weighted by atomic mass is 35.5. The van der Waals surface area contributed by atoms with Crippen LogP contribution in [0.25, 0.3) is 0 Å². The van der Waals surface area contributed by atoms with Crippen LogP contribution in [-0.4, -0.2) is 29.8 Å². The molecule has 150 valence electrons. The van der Waals surface area contributed by atoms with Gasteiger partial charge in [0.15, 0.2) is 0 Å². The summed E-state index contributed by atoms with van der Waals surface area (Å²) in [6.07, 6.45) is 0.452. The van der Waals surface area contributed by atoms with Crippen LogP contribution in [0.3, 0.4) is 0 Å².